The van der Waals surface area contributed by atoms with Gasteiger partial charge in [0.05, 0.1) is 0 Å². The monoisotopic (exact) mass is 435 g/mol. The van der Waals surface area contributed by atoms with E-state index in [2.05, 4.69) is 29.2 Å². The van der Waals surface area contributed by atoms with Crippen LogP contribution in [0.1, 0.15) is 60.7 Å². The van der Waals surface area contributed by atoms with E-state index in [-0.39, 0.29) is 17.7 Å². The number of rotatable bonds is 8. The van der Waals surface area contributed by atoms with Crippen molar-refractivity contribution in [2.45, 2.75) is 57.8 Å². The van der Waals surface area contributed by atoms with Gasteiger partial charge >= 0.3 is 0 Å². The second-order valence-electron chi connectivity index (χ2n) is 8.96. The molecule has 0 saturated carbocycles. The van der Waals surface area contributed by atoms with E-state index in [0.29, 0.717) is 32.4 Å². The minimum absolute atomic E-state index is 0.154. The van der Waals surface area contributed by atoms with Gasteiger partial charge in [-0.25, -0.2) is 9.97 Å². The minimum atomic E-state index is -0.266. The summed E-state index contributed by atoms with van der Waals surface area (Å²) < 4.78 is 0. The van der Waals surface area contributed by atoms with Crippen molar-refractivity contribution in [2.75, 3.05) is 31.1 Å². The Labute approximate surface area is 190 Å². The number of hydrogen-bond donors (Lipinski definition) is 1. The van der Waals surface area contributed by atoms with Crippen molar-refractivity contribution in [3.05, 3.63) is 53.0 Å². The zero-order valence-corrected chi connectivity index (χ0v) is 18.9. The van der Waals surface area contributed by atoms with E-state index in [1.54, 1.807) is 0 Å². The molecule has 170 valence electrons. The molecule has 2 aliphatic rings. The molecule has 1 unspecified atom stereocenters. The van der Waals surface area contributed by atoms with Gasteiger partial charge in [-0.1, -0.05) is 30.3 Å². The summed E-state index contributed by atoms with van der Waals surface area (Å²) in [6, 6.07) is 10.4. The lowest BCUT2D eigenvalue weighted by atomic mass is 9.95. The number of aromatic nitrogens is 2. The van der Waals surface area contributed by atoms with Gasteiger partial charge in [-0.05, 0) is 51.1 Å². The number of nitrogens with zero attached hydrogens (tertiary/aromatic N) is 4. The number of hydrogen-bond acceptors (Lipinski definition) is 5. The standard InChI is InChI=1S/C25H33N5O2/c1-18-21-11-12-23(32)30(15-5-9-19-7-3-2-4-8-19)25(21)28-24(27-18)20-10-6-14-29(17-20)16-13-22(26)31/h2-4,7-8,20H,5-6,9-17H2,1H3,(H2,26,31). The van der Waals surface area contributed by atoms with Crippen LogP contribution >= 0.6 is 0 Å². The fourth-order valence-electron chi connectivity index (χ4n) is 4.84. The predicted octanol–water partition coefficient (Wildman–Crippen LogP) is 2.75. The summed E-state index contributed by atoms with van der Waals surface area (Å²) in [5, 5.41) is 0. The molecule has 0 bridgehead atoms. The molecule has 7 heteroatoms. The highest BCUT2D eigenvalue weighted by molar-refractivity contribution is 5.95. The molecule has 2 amide bonds. The highest BCUT2D eigenvalue weighted by atomic mass is 16.2. The predicted molar refractivity (Wildman–Crippen MR) is 124 cm³/mol. The lowest BCUT2D eigenvalue weighted by Crippen LogP contribution is -2.39. The van der Waals surface area contributed by atoms with E-state index in [1.165, 1.54) is 5.56 Å². The molecule has 7 nitrogen and oxygen atoms in total. The van der Waals surface area contributed by atoms with E-state index in [1.807, 2.05) is 17.9 Å². The summed E-state index contributed by atoms with van der Waals surface area (Å²) >= 11 is 0. The molecule has 4 rings (SSSR count). The van der Waals surface area contributed by atoms with Crippen molar-refractivity contribution in [3.63, 3.8) is 0 Å². The maximum Gasteiger partial charge on any atom is 0.228 e. The number of piperidine rings is 1. The largest absolute Gasteiger partial charge is 0.370 e. The molecule has 0 radical (unpaired) electrons. The van der Waals surface area contributed by atoms with Gasteiger partial charge in [0.2, 0.25) is 11.8 Å². The Hall–Kier alpha value is -2.80. The first kappa shape index (κ1) is 22.4. The third kappa shape index (κ3) is 5.33. The fourth-order valence-corrected chi connectivity index (χ4v) is 4.84. The Bertz CT molecular complexity index is 962. The topological polar surface area (TPSA) is 92.4 Å². The first-order chi connectivity index (χ1) is 15.5. The first-order valence-corrected chi connectivity index (χ1v) is 11.7. The van der Waals surface area contributed by atoms with Gasteiger partial charge in [0.25, 0.3) is 0 Å². The summed E-state index contributed by atoms with van der Waals surface area (Å²) in [5.41, 5.74) is 8.71. The van der Waals surface area contributed by atoms with Crippen molar-refractivity contribution >= 4 is 17.6 Å². The molecule has 0 spiro atoms. The Morgan fingerprint density at radius 3 is 2.75 bits per heavy atom. The molecule has 2 aromatic rings. The van der Waals surface area contributed by atoms with Gasteiger partial charge < -0.3 is 10.6 Å². The van der Waals surface area contributed by atoms with Crippen LogP contribution in [0.5, 0.6) is 0 Å². The average Bonchev–Trinajstić information content (AvgIpc) is 2.80. The van der Waals surface area contributed by atoms with Gasteiger partial charge in [0.15, 0.2) is 0 Å². The third-order valence-corrected chi connectivity index (χ3v) is 6.59. The number of nitrogens with two attached hydrogens (primary N) is 1. The van der Waals surface area contributed by atoms with Gasteiger partial charge in [0.1, 0.15) is 11.6 Å². The second kappa shape index (κ2) is 10.2. The number of amides is 2. The molecule has 1 atom stereocenters. The number of carbonyl (C=O) groups is 2. The Morgan fingerprint density at radius 2 is 1.97 bits per heavy atom. The third-order valence-electron chi connectivity index (χ3n) is 6.59. The van der Waals surface area contributed by atoms with Crippen molar-refractivity contribution < 1.29 is 9.59 Å². The first-order valence-electron chi connectivity index (χ1n) is 11.7. The smallest absolute Gasteiger partial charge is 0.228 e. The summed E-state index contributed by atoms with van der Waals surface area (Å²) in [5.74, 6) is 1.74. The van der Waals surface area contributed by atoms with Crippen LogP contribution in [-0.4, -0.2) is 52.9 Å². The number of fused-ring (bicyclic) bond motifs is 1. The zero-order chi connectivity index (χ0) is 22.5. The Balaban J connectivity index is 1.50. The summed E-state index contributed by atoms with van der Waals surface area (Å²) in [4.78, 5) is 38.0. The molecular weight excluding hydrogens is 402 g/mol. The van der Waals surface area contributed by atoms with E-state index in [4.69, 9.17) is 15.7 Å². The number of anilines is 1. The lowest BCUT2D eigenvalue weighted by Gasteiger charge is -2.34. The molecule has 0 aliphatic carbocycles. The molecule has 2 N–H and O–H groups in total. The highest BCUT2D eigenvalue weighted by Gasteiger charge is 2.30. The van der Waals surface area contributed by atoms with Gasteiger partial charge in [-0.3, -0.25) is 14.5 Å². The van der Waals surface area contributed by atoms with Gasteiger partial charge in [-0.15, -0.1) is 0 Å². The van der Waals surface area contributed by atoms with E-state index in [0.717, 1.165) is 61.7 Å². The number of benzene rings is 1. The molecule has 2 aliphatic heterocycles. The number of carbonyl (C=O) groups excluding carboxylic acids is 2. The van der Waals surface area contributed by atoms with Crippen LogP contribution in [-0.2, 0) is 22.4 Å². The fraction of sp³-hybridized carbons (Fsp3) is 0.520. The summed E-state index contributed by atoms with van der Waals surface area (Å²) in [7, 11) is 0. The van der Waals surface area contributed by atoms with Crippen LogP contribution in [0.3, 0.4) is 0 Å². The molecule has 3 heterocycles. The van der Waals surface area contributed by atoms with Crippen molar-refractivity contribution in [2.24, 2.45) is 5.73 Å². The summed E-state index contributed by atoms with van der Waals surface area (Å²) in [6.07, 6.45) is 5.51. The number of primary amides is 1. The van der Waals surface area contributed by atoms with Crippen LogP contribution in [0, 0.1) is 6.92 Å². The Morgan fingerprint density at radius 1 is 1.16 bits per heavy atom. The van der Waals surface area contributed by atoms with Crippen molar-refractivity contribution in [1.82, 2.24) is 14.9 Å². The van der Waals surface area contributed by atoms with Crippen LogP contribution in [0.15, 0.2) is 30.3 Å². The van der Waals surface area contributed by atoms with E-state index >= 15 is 0 Å². The maximum absolute atomic E-state index is 12.8. The molecule has 1 saturated heterocycles. The second-order valence-corrected chi connectivity index (χ2v) is 8.96. The zero-order valence-electron chi connectivity index (χ0n) is 18.9. The van der Waals surface area contributed by atoms with E-state index < -0.39 is 0 Å². The van der Waals surface area contributed by atoms with Crippen LogP contribution < -0.4 is 10.6 Å². The molecule has 1 aromatic carbocycles. The summed E-state index contributed by atoms with van der Waals surface area (Å²) in [6.45, 7) is 5.19. The van der Waals surface area contributed by atoms with Gasteiger partial charge in [0, 0.05) is 49.7 Å². The number of likely N-dealkylation sites (tertiary alicyclic amines) is 1. The van der Waals surface area contributed by atoms with Crippen molar-refractivity contribution in [3.8, 4) is 0 Å². The maximum atomic E-state index is 12.8. The minimum Gasteiger partial charge on any atom is -0.370 e. The molecular formula is C25H33N5O2. The van der Waals surface area contributed by atoms with E-state index in [9.17, 15) is 9.59 Å². The highest BCUT2D eigenvalue weighted by Crippen LogP contribution is 2.32. The molecule has 1 aromatic heterocycles. The lowest BCUT2D eigenvalue weighted by molar-refractivity contribution is -0.119. The van der Waals surface area contributed by atoms with Crippen molar-refractivity contribution in [1.29, 1.82) is 0 Å². The van der Waals surface area contributed by atoms with Crippen LogP contribution in [0.25, 0.3) is 0 Å². The Kier molecular flexibility index (Phi) is 7.15. The average molecular weight is 436 g/mol. The SMILES string of the molecule is Cc1nc(C2CCCN(CCC(N)=O)C2)nc2c1CCC(=O)N2CCCc1ccccc1. The number of aryl methyl sites for hydroxylation is 2. The van der Waals surface area contributed by atoms with Gasteiger partial charge in [-0.2, -0.15) is 0 Å². The van der Waals surface area contributed by atoms with Crippen LogP contribution in [0.4, 0.5) is 5.82 Å². The van der Waals surface area contributed by atoms with Crippen LogP contribution in [0.2, 0.25) is 0 Å². The molecule has 1 fully saturated rings. The quantitative estimate of drug-likeness (QED) is 0.688. The molecule has 32 heavy (non-hydrogen) atoms. The normalized spacial score (nSPS) is 19.1.